The highest BCUT2D eigenvalue weighted by Gasteiger charge is 2.16. The van der Waals surface area contributed by atoms with Gasteiger partial charge in [-0.15, -0.1) is 0 Å². The highest BCUT2D eigenvalue weighted by molar-refractivity contribution is 5.36. The zero-order chi connectivity index (χ0) is 10.7. The van der Waals surface area contributed by atoms with E-state index in [9.17, 15) is 13.2 Å². The molecule has 1 unspecified atom stereocenters. The number of aliphatic hydroxyl groups is 1. The second kappa shape index (κ2) is 4.32. The molecule has 14 heavy (non-hydrogen) atoms. The van der Waals surface area contributed by atoms with Crippen LogP contribution in [0, 0.1) is 11.6 Å². The predicted octanol–water partition coefficient (Wildman–Crippen LogP) is 1.98. The average molecular weight is 206 g/mol. The summed E-state index contributed by atoms with van der Waals surface area (Å²) in [6.45, 7) is -1.08. The topological polar surface area (TPSA) is 29.5 Å². The molecule has 0 aliphatic rings. The van der Waals surface area contributed by atoms with Gasteiger partial charge < -0.3 is 9.84 Å². The van der Waals surface area contributed by atoms with Crippen molar-refractivity contribution in [1.82, 2.24) is 0 Å². The SMILES string of the molecule is COc1cc(F)c(F)cc1C(O)CF. The number of ether oxygens (including phenoxy) is 1. The lowest BCUT2D eigenvalue weighted by Gasteiger charge is -2.12. The van der Waals surface area contributed by atoms with Crippen LogP contribution in [0.25, 0.3) is 0 Å². The summed E-state index contributed by atoms with van der Waals surface area (Å²) in [5.74, 6) is -2.32. The lowest BCUT2D eigenvalue weighted by atomic mass is 10.1. The zero-order valence-electron chi connectivity index (χ0n) is 7.43. The van der Waals surface area contributed by atoms with Gasteiger partial charge in [-0.2, -0.15) is 0 Å². The molecule has 0 aliphatic heterocycles. The molecule has 0 aromatic heterocycles. The Balaban J connectivity index is 3.19. The van der Waals surface area contributed by atoms with E-state index in [2.05, 4.69) is 4.74 Å². The Kier molecular flexibility index (Phi) is 3.35. The van der Waals surface area contributed by atoms with Crippen LogP contribution in [0.5, 0.6) is 5.75 Å². The number of hydrogen-bond donors (Lipinski definition) is 1. The van der Waals surface area contributed by atoms with Crippen molar-refractivity contribution in [3.8, 4) is 5.75 Å². The minimum Gasteiger partial charge on any atom is -0.496 e. The normalized spacial score (nSPS) is 12.6. The van der Waals surface area contributed by atoms with E-state index in [1.54, 1.807) is 0 Å². The third-order valence-corrected chi connectivity index (χ3v) is 1.78. The molecule has 0 saturated carbocycles. The van der Waals surface area contributed by atoms with Crippen LogP contribution >= 0.6 is 0 Å². The van der Waals surface area contributed by atoms with Crippen LogP contribution in [0.2, 0.25) is 0 Å². The van der Waals surface area contributed by atoms with Crippen molar-refractivity contribution in [2.45, 2.75) is 6.10 Å². The molecular formula is C9H9F3O2. The van der Waals surface area contributed by atoms with E-state index in [4.69, 9.17) is 5.11 Å². The maximum atomic E-state index is 12.7. The largest absolute Gasteiger partial charge is 0.496 e. The molecule has 0 radical (unpaired) electrons. The minimum atomic E-state index is -1.50. The third kappa shape index (κ3) is 1.98. The first kappa shape index (κ1) is 10.8. The molecule has 1 rings (SSSR count). The quantitative estimate of drug-likeness (QED) is 0.819. The second-order valence-corrected chi connectivity index (χ2v) is 2.68. The van der Waals surface area contributed by atoms with Crippen molar-refractivity contribution in [2.24, 2.45) is 0 Å². The molecule has 0 bridgehead atoms. The monoisotopic (exact) mass is 206 g/mol. The number of rotatable bonds is 3. The maximum Gasteiger partial charge on any atom is 0.162 e. The molecule has 78 valence electrons. The van der Waals surface area contributed by atoms with Crippen LogP contribution in [0.15, 0.2) is 12.1 Å². The van der Waals surface area contributed by atoms with Crippen molar-refractivity contribution >= 4 is 0 Å². The minimum absolute atomic E-state index is 0.0750. The number of halogens is 3. The molecule has 0 saturated heterocycles. The van der Waals surface area contributed by atoms with Crippen molar-refractivity contribution in [2.75, 3.05) is 13.8 Å². The molecular weight excluding hydrogens is 197 g/mol. The van der Waals surface area contributed by atoms with Crippen LogP contribution < -0.4 is 4.74 Å². The highest BCUT2D eigenvalue weighted by Crippen LogP contribution is 2.27. The van der Waals surface area contributed by atoms with E-state index in [1.165, 1.54) is 7.11 Å². The number of hydrogen-bond acceptors (Lipinski definition) is 2. The van der Waals surface area contributed by atoms with Gasteiger partial charge in [-0.1, -0.05) is 0 Å². The summed E-state index contributed by atoms with van der Waals surface area (Å²) in [5.41, 5.74) is -0.103. The van der Waals surface area contributed by atoms with Crippen molar-refractivity contribution < 1.29 is 23.0 Å². The molecule has 1 aromatic carbocycles. The van der Waals surface area contributed by atoms with Crippen LogP contribution in [-0.4, -0.2) is 18.9 Å². The summed E-state index contributed by atoms with van der Waals surface area (Å²) in [4.78, 5) is 0. The van der Waals surface area contributed by atoms with Crippen LogP contribution in [0.3, 0.4) is 0 Å². The molecule has 0 amide bonds. The average Bonchev–Trinajstić information content (AvgIpc) is 2.20. The zero-order valence-corrected chi connectivity index (χ0v) is 7.43. The molecule has 1 aromatic rings. The highest BCUT2D eigenvalue weighted by atomic mass is 19.2. The Labute approximate surface area is 78.9 Å². The van der Waals surface area contributed by atoms with E-state index >= 15 is 0 Å². The maximum absolute atomic E-state index is 12.7. The van der Waals surface area contributed by atoms with Crippen molar-refractivity contribution in [3.63, 3.8) is 0 Å². The van der Waals surface area contributed by atoms with Crippen LogP contribution in [0.4, 0.5) is 13.2 Å². The molecule has 0 fully saturated rings. The second-order valence-electron chi connectivity index (χ2n) is 2.68. The molecule has 0 aliphatic carbocycles. The van der Waals surface area contributed by atoms with Crippen molar-refractivity contribution in [1.29, 1.82) is 0 Å². The molecule has 1 atom stereocenters. The fourth-order valence-corrected chi connectivity index (χ4v) is 1.06. The summed E-state index contributed by atoms with van der Waals surface area (Å²) in [5, 5.41) is 9.11. The molecule has 0 heterocycles. The Bertz CT molecular complexity index is 328. The molecule has 1 N–H and O–H groups in total. The Morgan fingerprint density at radius 2 is 1.93 bits per heavy atom. The van der Waals surface area contributed by atoms with Gasteiger partial charge in [0.25, 0.3) is 0 Å². The third-order valence-electron chi connectivity index (χ3n) is 1.78. The summed E-state index contributed by atoms with van der Waals surface area (Å²) in [7, 11) is 1.22. The number of methoxy groups -OCH3 is 1. The molecule has 2 nitrogen and oxygen atoms in total. The van der Waals surface area contributed by atoms with E-state index in [0.717, 1.165) is 12.1 Å². The van der Waals surface area contributed by atoms with E-state index < -0.39 is 24.4 Å². The van der Waals surface area contributed by atoms with Gasteiger partial charge in [-0.25, -0.2) is 13.2 Å². The number of benzene rings is 1. The van der Waals surface area contributed by atoms with Gasteiger partial charge in [0.2, 0.25) is 0 Å². The summed E-state index contributed by atoms with van der Waals surface area (Å²) < 4.78 is 42.2. The van der Waals surface area contributed by atoms with Gasteiger partial charge in [0, 0.05) is 11.6 Å². The lowest BCUT2D eigenvalue weighted by molar-refractivity contribution is 0.138. The Hall–Kier alpha value is -1.23. The summed E-state index contributed by atoms with van der Waals surface area (Å²) >= 11 is 0. The smallest absolute Gasteiger partial charge is 0.162 e. The molecule has 5 heteroatoms. The predicted molar refractivity (Wildman–Crippen MR) is 43.8 cm³/mol. The Morgan fingerprint density at radius 3 is 2.43 bits per heavy atom. The summed E-state index contributed by atoms with van der Waals surface area (Å²) in [6, 6.07) is 1.49. The first-order valence-corrected chi connectivity index (χ1v) is 3.87. The van der Waals surface area contributed by atoms with Gasteiger partial charge in [0.05, 0.1) is 7.11 Å². The first-order chi connectivity index (χ1) is 6.60. The number of aliphatic hydroxyl groups excluding tert-OH is 1. The van der Waals surface area contributed by atoms with E-state index in [-0.39, 0.29) is 11.3 Å². The van der Waals surface area contributed by atoms with Gasteiger partial charge in [0.1, 0.15) is 18.5 Å². The summed E-state index contributed by atoms with van der Waals surface area (Å²) in [6.07, 6.45) is -1.50. The van der Waals surface area contributed by atoms with Gasteiger partial charge in [-0.3, -0.25) is 0 Å². The molecule has 0 spiro atoms. The van der Waals surface area contributed by atoms with Gasteiger partial charge in [0.15, 0.2) is 11.6 Å². The van der Waals surface area contributed by atoms with Crippen LogP contribution in [0.1, 0.15) is 11.7 Å². The van der Waals surface area contributed by atoms with E-state index in [0.29, 0.717) is 0 Å². The van der Waals surface area contributed by atoms with E-state index in [1.807, 2.05) is 0 Å². The lowest BCUT2D eigenvalue weighted by Crippen LogP contribution is -2.04. The standard InChI is InChI=1S/C9H9F3O2/c1-14-9-3-7(12)6(11)2-5(9)8(13)4-10/h2-3,8,13H,4H2,1H3. The first-order valence-electron chi connectivity index (χ1n) is 3.87. The number of alkyl halides is 1. The fraction of sp³-hybridized carbons (Fsp3) is 0.333. The fourth-order valence-electron chi connectivity index (χ4n) is 1.06. The van der Waals surface area contributed by atoms with Gasteiger partial charge >= 0.3 is 0 Å². The van der Waals surface area contributed by atoms with Gasteiger partial charge in [-0.05, 0) is 6.07 Å². The van der Waals surface area contributed by atoms with Crippen molar-refractivity contribution in [3.05, 3.63) is 29.3 Å². The van der Waals surface area contributed by atoms with Crippen LogP contribution in [-0.2, 0) is 0 Å². The Morgan fingerprint density at radius 1 is 1.36 bits per heavy atom.